The summed E-state index contributed by atoms with van der Waals surface area (Å²) in [6, 6.07) is 12.0. The zero-order valence-corrected chi connectivity index (χ0v) is 19.9. The Morgan fingerprint density at radius 1 is 1.30 bits per heavy atom. The van der Waals surface area contributed by atoms with E-state index in [0.29, 0.717) is 5.92 Å². The maximum absolute atomic E-state index is 11.5. The minimum absolute atomic E-state index is 0.208. The highest BCUT2D eigenvalue weighted by Crippen LogP contribution is 2.32. The molecule has 33 heavy (non-hydrogen) atoms. The van der Waals surface area contributed by atoms with Crippen molar-refractivity contribution in [1.82, 2.24) is 9.88 Å². The first kappa shape index (κ1) is 23.6. The number of aryl methyl sites for hydroxylation is 1. The van der Waals surface area contributed by atoms with Gasteiger partial charge in [-0.05, 0) is 86.0 Å². The van der Waals surface area contributed by atoms with Crippen LogP contribution in [0.4, 0.5) is 0 Å². The second kappa shape index (κ2) is 11.6. The fourth-order valence-corrected chi connectivity index (χ4v) is 5.75. The highest BCUT2D eigenvalue weighted by atomic mass is 32.2. The third-order valence-electron chi connectivity index (χ3n) is 6.62. The summed E-state index contributed by atoms with van der Waals surface area (Å²) >= 11 is 1.71. The average Bonchev–Trinajstić information content (AvgIpc) is 3.33. The Bertz CT molecular complexity index is 1040. The van der Waals surface area contributed by atoms with E-state index in [1.165, 1.54) is 5.56 Å². The molecule has 3 aromatic rings. The molecule has 2 atom stereocenters. The summed E-state index contributed by atoms with van der Waals surface area (Å²) in [5, 5.41) is 11.6. The van der Waals surface area contributed by atoms with Crippen LogP contribution >= 0.6 is 11.8 Å². The summed E-state index contributed by atoms with van der Waals surface area (Å²) in [4.78, 5) is 18.4. The lowest BCUT2D eigenvalue weighted by molar-refractivity contribution is -0.139. The molecule has 0 spiro atoms. The normalized spacial score (nSPS) is 19.1. The van der Waals surface area contributed by atoms with Gasteiger partial charge >= 0.3 is 5.97 Å². The van der Waals surface area contributed by atoms with Gasteiger partial charge in [0.15, 0.2) is 5.09 Å². The van der Waals surface area contributed by atoms with Crippen molar-refractivity contribution < 1.29 is 19.1 Å². The van der Waals surface area contributed by atoms with E-state index >= 15 is 0 Å². The number of carbonyl (C=O) groups is 1. The van der Waals surface area contributed by atoms with Crippen LogP contribution in [0.5, 0.6) is 5.75 Å². The van der Waals surface area contributed by atoms with Crippen LogP contribution in [0.1, 0.15) is 31.2 Å². The van der Waals surface area contributed by atoms with E-state index < -0.39 is 5.97 Å². The molecule has 4 rings (SSSR count). The number of fused-ring (bicyclic) bond motifs is 1. The number of aliphatic carboxylic acids is 1. The third-order valence-corrected chi connectivity index (χ3v) is 7.52. The van der Waals surface area contributed by atoms with Gasteiger partial charge in [0.2, 0.25) is 0 Å². The van der Waals surface area contributed by atoms with E-state index in [4.69, 9.17) is 9.15 Å². The number of piperidine rings is 1. The first-order valence-electron chi connectivity index (χ1n) is 11.6. The van der Waals surface area contributed by atoms with Crippen molar-refractivity contribution in [1.29, 1.82) is 0 Å². The molecule has 0 unspecified atom stereocenters. The second-order valence-electron chi connectivity index (χ2n) is 8.73. The van der Waals surface area contributed by atoms with Crippen LogP contribution in [0.2, 0.25) is 0 Å². The van der Waals surface area contributed by atoms with Gasteiger partial charge in [0.25, 0.3) is 0 Å². The Balaban J connectivity index is 1.31. The Labute approximate surface area is 199 Å². The van der Waals surface area contributed by atoms with Crippen molar-refractivity contribution in [3.8, 4) is 5.75 Å². The monoisotopic (exact) mass is 468 g/mol. The topological polar surface area (TPSA) is 75.8 Å². The van der Waals surface area contributed by atoms with Crippen LogP contribution in [-0.4, -0.2) is 53.5 Å². The van der Waals surface area contributed by atoms with Crippen molar-refractivity contribution in [2.24, 2.45) is 11.8 Å². The lowest BCUT2D eigenvalue weighted by atomic mass is 9.80. The average molecular weight is 469 g/mol. The highest BCUT2D eigenvalue weighted by Gasteiger charge is 2.30. The number of carboxylic acid groups (broad SMARTS) is 1. The zero-order chi connectivity index (χ0) is 23.0. The van der Waals surface area contributed by atoms with Gasteiger partial charge in [0.05, 0.1) is 18.9 Å². The predicted octanol–water partition coefficient (Wildman–Crippen LogP) is 5.36. The number of methoxy groups -OCH3 is 1. The van der Waals surface area contributed by atoms with E-state index in [1.54, 1.807) is 25.1 Å². The fraction of sp³-hybridized carbons (Fsp3) is 0.462. The lowest BCUT2D eigenvalue weighted by Gasteiger charge is -2.38. The van der Waals surface area contributed by atoms with Gasteiger partial charge in [-0.1, -0.05) is 11.8 Å². The molecule has 7 heteroatoms. The number of aromatic nitrogens is 1. The van der Waals surface area contributed by atoms with Gasteiger partial charge < -0.3 is 19.2 Å². The summed E-state index contributed by atoms with van der Waals surface area (Å²) in [6.45, 7) is 2.86. The number of carboxylic acids is 1. The van der Waals surface area contributed by atoms with E-state index in [2.05, 4.69) is 22.0 Å². The van der Waals surface area contributed by atoms with E-state index in [1.807, 2.05) is 30.5 Å². The highest BCUT2D eigenvalue weighted by molar-refractivity contribution is 7.99. The number of nitrogens with zero attached hydrogens (tertiary/aromatic N) is 2. The largest absolute Gasteiger partial charge is 0.497 e. The second-order valence-corrected chi connectivity index (χ2v) is 9.83. The minimum atomic E-state index is -0.691. The standard InChI is InChI=1S/C26H32N2O4S/c1-31-22-7-8-24-23(17-22)20(9-11-27-24)5-2-4-19-10-12-28(18-21(19)16-25(29)30)13-15-33-26-6-3-14-32-26/h3,6-9,11,14,17,19,21H,2,4-5,10,12-13,15-16,18H2,1H3,(H,29,30)/t19-,21+/m1/s1. The van der Waals surface area contributed by atoms with Crippen LogP contribution in [0, 0.1) is 11.8 Å². The van der Waals surface area contributed by atoms with Crippen molar-refractivity contribution in [3.63, 3.8) is 0 Å². The van der Waals surface area contributed by atoms with Gasteiger partial charge in [-0.25, -0.2) is 0 Å². The third kappa shape index (κ3) is 6.51. The van der Waals surface area contributed by atoms with Crippen LogP contribution in [0.15, 0.2) is 58.4 Å². The zero-order valence-electron chi connectivity index (χ0n) is 19.1. The summed E-state index contributed by atoms with van der Waals surface area (Å²) in [5.41, 5.74) is 2.26. The number of hydrogen-bond donors (Lipinski definition) is 1. The van der Waals surface area contributed by atoms with Crippen molar-refractivity contribution in [3.05, 3.63) is 54.4 Å². The molecule has 0 bridgehead atoms. The SMILES string of the molecule is COc1ccc2nccc(CCC[C@@H]3CCN(CCSc4ccco4)C[C@@H]3CC(=O)O)c2c1. The first-order chi connectivity index (χ1) is 16.1. The van der Waals surface area contributed by atoms with Crippen LogP contribution in [0.3, 0.4) is 0 Å². The number of rotatable bonds is 11. The molecule has 0 radical (unpaired) electrons. The van der Waals surface area contributed by atoms with E-state index in [-0.39, 0.29) is 12.3 Å². The van der Waals surface area contributed by atoms with Crippen molar-refractivity contribution >= 4 is 28.6 Å². The molecule has 1 aliphatic heterocycles. The lowest BCUT2D eigenvalue weighted by Crippen LogP contribution is -2.42. The first-order valence-corrected chi connectivity index (χ1v) is 12.6. The molecule has 1 saturated heterocycles. The van der Waals surface area contributed by atoms with Crippen LogP contribution in [0.25, 0.3) is 10.9 Å². The molecule has 1 fully saturated rings. The summed E-state index contributed by atoms with van der Waals surface area (Å²) < 4.78 is 10.8. The van der Waals surface area contributed by atoms with Crippen molar-refractivity contribution in [2.75, 3.05) is 32.5 Å². The molecule has 3 heterocycles. The predicted molar refractivity (Wildman–Crippen MR) is 131 cm³/mol. The summed E-state index contributed by atoms with van der Waals surface area (Å²) in [6.07, 6.45) is 7.95. The van der Waals surface area contributed by atoms with Gasteiger partial charge in [0.1, 0.15) is 5.75 Å². The smallest absolute Gasteiger partial charge is 0.303 e. The molecule has 0 aliphatic carbocycles. The van der Waals surface area contributed by atoms with Crippen LogP contribution < -0.4 is 4.74 Å². The fourth-order valence-electron chi connectivity index (χ4n) is 4.90. The maximum atomic E-state index is 11.5. The quantitative estimate of drug-likeness (QED) is 0.379. The minimum Gasteiger partial charge on any atom is -0.497 e. The molecule has 1 aromatic carbocycles. The maximum Gasteiger partial charge on any atom is 0.303 e. The molecule has 176 valence electrons. The Morgan fingerprint density at radius 2 is 2.21 bits per heavy atom. The van der Waals surface area contributed by atoms with Gasteiger partial charge in [-0.15, -0.1) is 0 Å². The van der Waals surface area contributed by atoms with Gasteiger partial charge in [-0.2, -0.15) is 0 Å². The summed E-state index contributed by atoms with van der Waals surface area (Å²) in [7, 11) is 1.68. The Hall–Kier alpha value is -2.51. The number of thioether (sulfide) groups is 1. The molecular formula is C26H32N2O4S. The molecule has 2 aromatic heterocycles. The van der Waals surface area contributed by atoms with Gasteiger partial charge in [-0.3, -0.25) is 9.78 Å². The van der Waals surface area contributed by atoms with Gasteiger partial charge in [0, 0.05) is 36.8 Å². The molecule has 6 nitrogen and oxygen atoms in total. The number of hydrogen-bond acceptors (Lipinski definition) is 6. The number of pyridine rings is 1. The van der Waals surface area contributed by atoms with Crippen LogP contribution in [-0.2, 0) is 11.2 Å². The number of benzene rings is 1. The van der Waals surface area contributed by atoms with E-state index in [0.717, 1.165) is 72.8 Å². The number of furan rings is 1. The summed E-state index contributed by atoms with van der Waals surface area (Å²) in [5.74, 6) is 1.77. The molecular weight excluding hydrogens is 436 g/mol. The molecule has 1 N–H and O–H groups in total. The number of likely N-dealkylation sites (tertiary alicyclic amines) is 1. The number of ether oxygens (including phenoxy) is 1. The molecule has 0 saturated carbocycles. The Kier molecular flexibility index (Phi) is 8.29. The Morgan fingerprint density at radius 3 is 3.00 bits per heavy atom. The van der Waals surface area contributed by atoms with E-state index in [9.17, 15) is 9.90 Å². The molecule has 1 aliphatic rings. The molecule has 0 amide bonds. The van der Waals surface area contributed by atoms with Crippen molar-refractivity contribution in [2.45, 2.75) is 37.2 Å².